The van der Waals surface area contributed by atoms with Gasteiger partial charge < -0.3 is 4.74 Å². The molecule has 3 aromatic rings. The van der Waals surface area contributed by atoms with Crippen molar-refractivity contribution in [2.24, 2.45) is 0 Å². The SMILES string of the molecule is COc1ccc(-n2sc3ccc(Cl)cc3c2=O)cc1. The first kappa shape index (κ1) is 12.3. The van der Waals surface area contributed by atoms with E-state index in [0.29, 0.717) is 10.4 Å². The van der Waals surface area contributed by atoms with Gasteiger partial charge in [0.05, 0.1) is 22.9 Å². The van der Waals surface area contributed by atoms with Crippen LogP contribution in [-0.4, -0.2) is 11.1 Å². The van der Waals surface area contributed by atoms with Crippen LogP contribution < -0.4 is 10.3 Å². The predicted molar refractivity (Wildman–Crippen MR) is 79.0 cm³/mol. The number of hydrogen-bond acceptors (Lipinski definition) is 3. The molecule has 96 valence electrons. The molecule has 3 rings (SSSR count). The van der Waals surface area contributed by atoms with Crippen LogP contribution in [0.25, 0.3) is 15.8 Å². The summed E-state index contributed by atoms with van der Waals surface area (Å²) < 4.78 is 7.68. The molecule has 0 aliphatic rings. The van der Waals surface area contributed by atoms with Crippen LogP contribution in [0.2, 0.25) is 5.02 Å². The van der Waals surface area contributed by atoms with E-state index in [2.05, 4.69) is 0 Å². The molecule has 0 saturated heterocycles. The number of halogens is 1. The first-order chi connectivity index (χ1) is 9.19. The van der Waals surface area contributed by atoms with Gasteiger partial charge in [-0.2, -0.15) is 0 Å². The summed E-state index contributed by atoms with van der Waals surface area (Å²) in [4.78, 5) is 12.3. The number of hydrogen-bond donors (Lipinski definition) is 0. The summed E-state index contributed by atoms with van der Waals surface area (Å²) in [5.74, 6) is 0.765. The average Bonchev–Trinajstić information content (AvgIpc) is 2.76. The molecule has 2 aromatic carbocycles. The summed E-state index contributed by atoms with van der Waals surface area (Å²) in [6, 6.07) is 12.7. The molecule has 0 amide bonds. The fourth-order valence-corrected chi connectivity index (χ4v) is 3.04. The maximum absolute atomic E-state index is 12.3. The van der Waals surface area contributed by atoms with E-state index in [1.54, 1.807) is 23.2 Å². The molecule has 3 nitrogen and oxygen atoms in total. The van der Waals surface area contributed by atoms with Gasteiger partial charge in [-0.1, -0.05) is 23.1 Å². The van der Waals surface area contributed by atoms with Gasteiger partial charge >= 0.3 is 0 Å². The highest BCUT2D eigenvalue weighted by Gasteiger charge is 2.09. The zero-order valence-corrected chi connectivity index (χ0v) is 11.7. The largest absolute Gasteiger partial charge is 0.497 e. The summed E-state index contributed by atoms with van der Waals surface area (Å²) in [5.41, 5.74) is 0.774. The molecule has 19 heavy (non-hydrogen) atoms. The van der Waals surface area contributed by atoms with Crippen molar-refractivity contribution in [1.82, 2.24) is 3.96 Å². The third-order valence-corrected chi connectivity index (χ3v) is 4.20. The smallest absolute Gasteiger partial charge is 0.273 e. The second-order valence-corrected chi connectivity index (χ2v) is 5.45. The van der Waals surface area contributed by atoms with E-state index in [1.807, 2.05) is 30.3 Å². The van der Waals surface area contributed by atoms with Crippen molar-refractivity contribution in [2.75, 3.05) is 7.11 Å². The number of fused-ring (bicyclic) bond motifs is 1. The second kappa shape index (κ2) is 4.72. The molecule has 0 atom stereocenters. The zero-order valence-electron chi connectivity index (χ0n) is 10.1. The van der Waals surface area contributed by atoms with Crippen molar-refractivity contribution in [3.8, 4) is 11.4 Å². The molecule has 5 heteroatoms. The molecule has 0 aliphatic carbocycles. The van der Waals surface area contributed by atoms with Gasteiger partial charge in [-0.05, 0) is 42.5 Å². The van der Waals surface area contributed by atoms with Crippen molar-refractivity contribution < 1.29 is 4.74 Å². The van der Waals surface area contributed by atoms with E-state index < -0.39 is 0 Å². The second-order valence-electron chi connectivity index (χ2n) is 4.03. The highest BCUT2D eigenvalue weighted by molar-refractivity contribution is 7.14. The van der Waals surface area contributed by atoms with E-state index in [4.69, 9.17) is 16.3 Å². The quantitative estimate of drug-likeness (QED) is 0.721. The summed E-state index contributed by atoms with van der Waals surface area (Å²) in [7, 11) is 1.61. The fraction of sp³-hybridized carbons (Fsp3) is 0.0714. The minimum Gasteiger partial charge on any atom is -0.497 e. The normalized spacial score (nSPS) is 10.8. The molecule has 0 spiro atoms. The summed E-state index contributed by atoms with van der Waals surface area (Å²) >= 11 is 7.33. The predicted octanol–water partition coefficient (Wildman–Crippen LogP) is 3.71. The van der Waals surface area contributed by atoms with E-state index in [-0.39, 0.29) is 5.56 Å². The lowest BCUT2D eigenvalue weighted by Gasteiger charge is -2.02. The lowest BCUT2D eigenvalue weighted by Crippen LogP contribution is -2.10. The van der Waals surface area contributed by atoms with Crippen molar-refractivity contribution in [2.45, 2.75) is 0 Å². The molecular formula is C14H10ClNO2S. The van der Waals surface area contributed by atoms with Crippen molar-refractivity contribution >= 4 is 33.2 Å². The Morgan fingerprint density at radius 2 is 1.89 bits per heavy atom. The van der Waals surface area contributed by atoms with Crippen LogP contribution in [-0.2, 0) is 0 Å². The van der Waals surface area contributed by atoms with Gasteiger partial charge in [0.1, 0.15) is 5.75 Å². The molecule has 0 aliphatic heterocycles. The van der Waals surface area contributed by atoms with Gasteiger partial charge in [-0.25, -0.2) is 3.96 Å². The van der Waals surface area contributed by atoms with E-state index in [1.165, 1.54) is 11.5 Å². The Morgan fingerprint density at radius 1 is 1.16 bits per heavy atom. The number of rotatable bonds is 2. The average molecular weight is 292 g/mol. The monoisotopic (exact) mass is 291 g/mol. The lowest BCUT2D eigenvalue weighted by atomic mass is 10.3. The number of benzene rings is 2. The van der Waals surface area contributed by atoms with Crippen LogP contribution in [0.5, 0.6) is 5.75 Å². The third-order valence-electron chi connectivity index (χ3n) is 2.85. The molecule has 0 unspecified atom stereocenters. The minimum absolute atomic E-state index is 0.0485. The third kappa shape index (κ3) is 2.13. The molecule has 0 radical (unpaired) electrons. The topological polar surface area (TPSA) is 31.2 Å². The highest BCUT2D eigenvalue weighted by Crippen LogP contribution is 2.24. The first-order valence-corrected chi connectivity index (χ1v) is 6.80. The standard InChI is InChI=1S/C14H10ClNO2S/c1-18-11-5-3-10(4-6-11)16-14(17)12-8-9(15)2-7-13(12)19-16/h2-8H,1H3. The Labute approximate surface area is 118 Å². The molecule has 0 fully saturated rings. The molecule has 0 bridgehead atoms. The van der Waals surface area contributed by atoms with Crippen molar-refractivity contribution in [3.63, 3.8) is 0 Å². The van der Waals surface area contributed by atoms with Gasteiger partial charge in [0, 0.05) is 5.02 Å². The number of nitrogens with zero attached hydrogens (tertiary/aromatic N) is 1. The van der Waals surface area contributed by atoms with Crippen molar-refractivity contribution in [3.05, 3.63) is 57.8 Å². The van der Waals surface area contributed by atoms with E-state index >= 15 is 0 Å². The zero-order chi connectivity index (χ0) is 13.4. The van der Waals surface area contributed by atoms with Crippen LogP contribution in [0.3, 0.4) is 0 Å². The van der Waals surface area contributed by atoms with Gasteiger partial charge in [0.25, 0.3) is 5.56 Å². The van der Waals surface area contributed by atoms with E-state index in [0.717, 1.165) is 16.1 Å². The van der Waals surface area contributed by atoms with Gasteiger partial charge in [-0.15, -0.1) is 0 Å². The Balaban J connectivity index is 2.19. The van der Waals surface area contributed by atoms with Crippen molar-refractivity contribution in [1.29, 1.82) is 0 Å². The summed E-state index contributed by atoms with van der Waals surface area (Å²) in [6.45, 7) is 0. The number of ether oxygens (including phenoxy) is 1. The number of aromatic nitrogens is 1. The van der Waals surface area contributed by atoms with Crippen LogP contribution in [0.4, 0.5) is 0 Å². The van der Waals surface area contributed by atoms with Crippen LogP contribution in [0.15, 0.2) is 47.3 Å². The maximum atomic E-state index is 12.3. The van der Waals surface area contributed by atoms with E-state index in [9.17, 15) is 4.79 Å². The van der Waals surface area contributed by atoms with Gasteiger partial charge in [0.15, 0.2) is 0 Å². The molecule has 0 N–H and O–H groups in total. The fourth-order valence-electron chi connectivity index (χ4n) is 1.89. The van der Waals surface area contributed by atoms with Gasteiger partial charge in [0.2, 0.25) is 0 Å². The summed E-state index contributed by atoms with van der Waals surface area (Å²) in [6.07, 6.45) is 0. The maximum Gasteiger partial charge on any atom is 0.273 e. The highest BCUT2D eigenvalue weighted by atomic mass is 35.5. The summed E-state index contributed by atoms with van der Waals surface area (Å²) in [5, 5.41) is 1.22. The minimum atomic E-state index is -0.0485. The van der Waals surface area contributed by atoms with Crippen LogP contribution in [0.1, 0.15) is 0 Å². The molecule has 0 saturated carbocycles. The molecule has 1 heterocycles. The van der Waals surface area contributed by atoms with Crippen LogP contribution in [0, 0.1) is 0 Å². The Morgan fingerprint density at radius 3 is 2.58 bits per heavy atom. The first-order valence-electron chi connectivity index (χ1n) is 5.65. The number of methoxy groups -OCH3 is 1. The lowest BCUT2D eigenvalue weighted by molar-refractivity contribution is 0.415. The molecular weight excluding hydrogens is 282 g/mol. The Kier molecular flexibility index (Phi) is 3.05. The Hall–Kier alpha value is -1.78. The Bertz CT molecular complexity index is 789. The molecule has 1 aromatic heterocycles. The van der Waals surface area contributed by atoms with Gasteiger partial charge in [-0.3, -0.25) is 4.79 Å². The van der Waals surface area contributed by atoms with Crippen LogP contribution >= 0.6 is 23.1 Å².